The third kappa shape index (κ3) is 5.30. The number of nitrogens with zero attached hydrogens (tertiary/aromatic N) is 2. The van der Waals surface area contributed by atoms with Crippen molar-refractivity contribution in [2.75, 3.05) is 12.9 Å². The molecular weight excluding hydrogens is 302 g/mol. The van der Waals surface area contributed by atoms with Crippen molar-refractivity contribution in [2.24, 2.45) is 4.99 Å². The predicted molar refractivity (Wildman–Crippen MR) is 87.1 cm³/mol. The highest BCUT2D eigenvalue weighted by Gasteiger charge is 2.31. The largest absolute Gasteiger partial charge is 0.476 e. The van der Waals surface area contributed by atoms with Crippen molar-refractivity contribution in [1.82, 2.24) is 5.32 Å². The molecule has 1 aromatic rings. The zero-order valence-corrected chi connectivity index (χ0v) is 13.9. The molecule has 0 saturated carbocycles. The fourth-order valence-electron chi connectivity index (χ4n) is 1.52. The van der Waals surface area contributed by atoms with Crippen molar-refractivity contribution in [2.45, 2.75) is 26.4 Å². The van der Waals surface area contributed by atoms with Crippen molar-refractivity contribution < 1.29 is 14.3 Å². The second kappa shape index (κ2) is 8.29. The molecule has 6 nitrogen and oxygen atoms in total. The minimum atomic E-state index is -1.06. The van der Waals surface area contributed by atoms with Crippen LogP contribution in [-0.2, 0) is 9.53 Å². The van der Waals surface area contributed by atoms with Crippen LogP contribution in [0.15, 0.2) is 29.3 Å². The van der Waals surface area contributed by atoms with E-state index in [9.17, 15) is 4.79 Å². The molecule has 1 rings (SSSR count). The molecule has 0 atom stereocenters. The summed E-state index contributed by atoms with van der Waals surface area (Å²) in [7, 11) is 0. The highest BCUT2D eigenvalue weighted by Crippen LogP contribution is 2.23. The van der Waals surface area contributed by atoms with Crippen LogP contribution in [0.2, 0.25) is 0 Å². The van der Waals surface area contributed by atoms with Crippen molar-refractivity contribution in [3.8, 4) is 11.9 Å². The molecule has 0 fully saturated rings. The third-order valence-electron chi connectivity index (χ3n) is 2.56. The summed E-state index contributed by atoms with van der Waals surface area (Å²) in [6, 6.07) is 6.91. The Morgan fingerprint density at radius 1 is 1.41 bits per heavy atom. The quantitative estimate of drug-likeness (QED) is 0.295. The summed E-state index contributed by atoms with van der Waals surface area (Å²) in [5, 5.41) is 11.6. The number of carbonyl (C=O) groups excluding carboxylic acids is 1. The van der Waals surface area contributed by atoms with E-state index in [1.807, 2.05) is 12.4 Å². The highest BCUT2D eigenvalue weighted by molar-refractivity contribution is 8.13. The van der Waals surface area contributed by atoms with E-state index in [0.29, 0.717) is 23.2 Å². The lowest BCUT2D eigenvalue weighted by molar-refractivity contribution is -0.158. The standard InChI is InChI=1S/C15H19N3O3S/c1-5-20-13(19)15(2,3)21-12-8-6-11(7-9-12)18-14(22-4)17-10-16/h6-9H,5H2,1-4H3,(H,17,18). The van der Waals surface area contributed by atoms with Gasteiger partial charge in [-0.25, -0.2) is 9.79 Å². The molecule has 1 aromatic carbocycles. The van der Waals surface area contributed by atoms with E-state index in [-0.39, 0.29) is 0 Å². The molecule has 0 amide bonds. The topological polar surface area (TPSA) is 83.7 Å². The molecule has 1 N–H and O–H groups in total. The van der Waals surface area contributed by atoms with E-state index >= 15 is 0 Å². The molecule has 0 aliphatic rings. The number of hydrogen-bond donors (Lipinski definition) is 1. The first-order chi connectivity index (χ1) is 10.4. The predicted octanol–water partition coefficient (Wildman–Crippen LogP) is 2.83. The third-order valence-corrected chi connectivity index (χ3v) is 3.14. The second-order valence-electron chi connectivity index (χ2n) is 4.68. The van der Waals surface area contributed by atoms with Gasteiger partial charge in [0.05, 0.1) is 12.3 Å². The van der Waals surface area contributed by atoms with Gasteiger partial charge in [0.2, 0.25) is 0 Å². The van der Waals surface area contributed by atoms with Gasteiger partial charge in [-0.15, -0.1) is 0 Å². The summed E-state index contributed by atoms with van der Waals surface area (Å²) in [5.74, 6) is 0.121. The van der Waals surface area contributed by atoms with Crippen molar-refractivity contribution >= 4 is 28.6 Å². The average Bonchev–Trinajstić information content (AvgIpc) is 2.48. The van der Waals surface area contributed by atoms with Crippen molar-refractivity contribution in [1.29, 1.82) is 5.26 Å². The first-order valence-electron chi connectivity index (χ1n) is 6.67. The number of amidine groups is 1. The first kappa shape index (κ1) is 17.9. The van der Waals surface area contributed by atoms with Gasteiger partial charge in [-0.1, -0.05) is 11.8 Å². The summed E-state index contributed by atoms with van der Waals surface area (Å²) in [4.78, 5) is 16.0. The Kier molecular flexibility index (Phi) is 6.73. The van der Waals surface area contributed by atoms with Gasteiger partial charge in [0.15, 0.2) is 17.0 Å². The number of benzene rings is 1. The number of thioether (sulfide) groups is 1. The Hall–Kier alpha value is -2.20. The van der Waals surface area contributed by atoms with Crippen LogP contribution in [0.1, 0.15) is 20.8 Å². The Labute approximate surface area is 134 Å². The SMILES string of the molecule is CCOC(=O)C(C)(C)Oc1ccc(N=C(NC#N)SC)cc1. The monoisotopic (exact) mass is 321 g/mol. The van der Waals surface area contributed by atoms with Crippen LogP contribution in [0.5, 0.6) is 5.75 Å². The number of esters is 1. The molecule has 0 radical (unpaired) electrons. The maximum Gasteiger partial charge on any atom is 0.349 e. The van der Waals surface area contributed by atoms with E-state index in [1.54, 1.807) is 45.0 Å². The normalized spacial score (nSPS) is 11.5. The summed E-state index contributed by atoms with van der Waals surface area (Å²) in [6.45, 7) is 5.36. The maximum absolute atomic E-state index is 11.8. The minimum absolute atomic E-state index is 0.308. The van der Waals surface area contributed by atoms with Gasteiger partial charge in [-0.2, -0.15) is 5.26 Å². The molecule has 7 heteroatoms. The summed E-state index contributed by atoms with van der Waals surface area (Å²) in [6.07, 6.45) is 3.65. The van der Waals surface area contributed by atoms with Crippen molar-refractivity contribution in [3.05, 3.63) is 24.3 Å². The minimum Gasteiger partial charge on any atom is -0.476 e. The fourth-order valence-corrected chi connectivity index (χ4v) is 1.86. The van der Waals surface area contributed by atoms with Gasteiger partial charge in [0.1, 0.15) is 5.75 Å². The van der Waals surface area contributed by atoms with Gasteiger partial charge in [-0.3, -0.25) is 5.32 Å². The number of aliphatic imine (C=N–C) groups is 1. The summed E-state index contributed by atoms with van der Waals surface area (Å²) >= 11 is 1.34. The number of carbonyl (C=O) groups is 1. The number of rotatable bonds is 5. The molecular formula is C15H19N3O3S. The van der Waals surface area contributed by atoms with Gasteiger partial charge in [0.25, 0.3) is 0 Å². The average molecular weight is 321 g/mol. The van der Waals surface area contributed by atoms with Gasteiger partial charge >= 0.3 is 5.97 Å². The van der Waals surface area contributed by atoms with Gasteiger partial charge in [-0.05, 0) is 51.3 Å². The smallest absolute Gasteiger partial charge is 0.349 e. The molecule has 0 bridgehead atoms. The first-order valence-corrected chi connectivity index (χ1v) is 7.89. The zero-order valence-electron chi connectivity index (χ0n) is 13.0. The van der Waals surface area contributed by atoms with Crippen LogP contribution < -0.4 is 10.1 Å². The lowest BCUT2D eigenvalue weighted by Gasteiger charge is -2.24. The summed E-state index contributed by atoms with van der Waals surface area (Å²) in [5.41, 5.74) is -0.387. The highest BCUT2D eigenvalue weighted by atomic mass is 32.2. The molecule has 0 heterocycles. The number of hydrogen-bond acceptors (Lipinski definition) is 6. The lowest BCUT2D eigenvalue weighted by Crippen LogP contribution is -2.39. The van der Waals surface area contributed by atoms with Crippen molar-refractivity contribution in [3.63, 3.8) is 0 Å². The van der Waals surface area contributed by atoms with Crippen LogP contribution in [0.4, 0.5) is 5.69 Å². The Morgan fingerprint density at radius 3 is 2.55 bits per heavy atom. The molecule has 0 aliphatic heterocycles. The number of nitrogens with one attached hydrogen (secondary N) is 1. The fraction of sp³-hybridized carbons (Fsp3) is 0.400. The van der Waals surface area contributed by atoms with E-state index in [2.05, 4.69) is 10.3 Å². The molecule has 22 heavy (non-hydrogen) atoms. The van der Waals surface area contributed by atoms with Crippen LogP contribution in [0, 0.1) is 11.5 Å². The maximum atomic E-state index is 11.8. The van der Waals surface area contributed by atoms with Crippen LogP contribution >= 0.6 is 11.8 Å². The van der Waals surface area contributed by atoms with Gasteiger partial charge < -0.3 is 9.47 Å². The number of ether oxygens (including phenoxy) is 2. The molecule has 118 valence electrons. The number of nitriles is 1. The molecule has 0 spiro atoms. The lowest BCUT2D eigenvalue weighted by atomic mass is 10.1. The molecule has 0 unspecified atom stereocenters. The van der Waals surface area contributed by atoms with Crippen LogP contribution in [0.25, 0.3) is 0 Å². The molecule has 0 saturated heterocycles. The van der Waals surface area contributed by atoms with Crippen LogP contribution in [-0.4, -0.2) is 29.6 Å². The Bertz CT molecular complexity index is 577. The zero-order chi connectivity index (χ0) is 16.6. The van der Waals surface area contributed by atoms with Crippen LogP contribution in [0.3, 0.4) is 0 Å². The Balaban J connectivity index is 2.81. The van der Waals surface area contributed by atoms with E-state index < -0.39 is 11.6 Å². The van der Waals surface area contributed by atoms with E-state index in [4.69, 9.17) is 14.7 Å². The van der Waals surface area contributed by atoms with E-state index in [0.717, 1.165) is 0 Å². The van der Waals surface area contributed by atoms with E-state index in [1.165, 1.54) is 11.8 Å². The summed E-state index contributed by atoms with van der Waals surface area (Å²) < 4.78 is 10.6. The molecule has 0 aliphatic carbocycles. The Morgan fingerprint density at radius 2 is 2.05 bits per heavy atom. The molecule has 0 aromatic heterocycles. The second-order valence-corrected chi connectivity index (χ2v) is 5.48. The van der Waals surface area contributed by atoms with Gasteiger partial charge in [0, 0.05) is 0 Å².